The lowest BCUT2D eigenvalue weighted by Crippen LogP contribution is -2.31. The summed E-state index contributed by atoms with van der Waals surface area (Å²) < 4.78 is 27.8. The Hall–Kier alpha value is -3.29. The molecule has 0 aliphatic carbocycles. The van der Waals surface area contributed by atoms with Crippen LogP contribution in [0.2, 0.25) is 0 Å². The number of fused-ring (bicyclic) bond motifs is 1. The highest BCUT2D eigenvalue weighted by molar-refractivity contribution is 6.08. The van der Waals surface area contributed by atoms with Gasteiger partial charge in [0, 0.05) is 24.0 Å². The Kier molecular flexibility index (Phi) is 4.66. The number of anilines is 1. The molecule has 2 N–H and O–H groups in total. The molecule has 0 saturated heterocycles. The maximum atomic E-state index is 13.3. The van der Waals surface area contributed by atoms with Gasteiger partial charge in [-0.15, -0.1) is 0 Å². The van der Waals surface area contributed by atoms with Crippen LogP contribution in [0.15, 0.2) is 42.6 Å². The van der Waals surface area contributed by atoms with Crippen molar-refractivity contribution in [1.82, 2.24) is 14.7 Å². The van der Waals surface area contributed by atoms with Crippen LogP contribution < -0.4 is 10.6 Å². The molecular weight excluding hydrogens is 342 g/mol. The Labute approximate surface area is 147 Å². The number of pyridine rings is 1. The molecular formula is C18H16F2N4O2. The zero-order valence-electron chi connectivity index (χ0n) is 14.1. The second-order valence-corrected chi connectivity index (χ2v) is 5.95. The van der Waals surface area contributed by atoms with Gasteiger partial charge in [0.2, 0.25) is 5.82 Å². The molecule has 3 rings (SSSR count). The van der Waals surface area contributed by atoms with E-state index in [1.807, 2.05) is 13.8 Å². The van der Waals surface area contributed by atoms with E-state index in [4.69, 9.17) is 0 Å². The Balaban J connectivity index is 1.97. The van der Waals surface area contributed by atoms with E-state index in [0.717, 1.165) is 12.1 Å². The van der Waals surface area contributed by atoms with Crippen LogP contribution in [0, 0.1) is 11.6 Å². The van der Waals surface area contributed by atoms with Crippen molar-refractivity contribution >= 4 is 23.0 Å². The highest BCUT2D eigenvalue weighted by Gasteiger charge is 2.22. The molecule has 2 aromatic heterocycles. The van der Waals surface area contributed by atoms with Gasteiger partial charge in [-0.1, -0.05) is 6.07 Å². The van der Waals surface area contributed by atoms with Crippen molar-refractivity contribution in [2.24, 2.45) is 0 Å². The number of carbonyl (C=O) groups is 2. The van der Waals surface area contributed by atoms with Gasteiger partial charge in [0.25, 0.3) is 11.8 Å². The van der Waals surface area contributed by atoms with Gasteiger partial charge in [-0.05, 0) is 38.1 Å². The molecule has 2 heterocycles. The van der Waals surface area contributed by atoms with Gasteiger partial charge in [-0.2, -0.15) is 0 Å². The molecule has 0 spiro atoms. The fraction of sp³-hybridized carbons (Fsp3) is 0.167. The summed E-state index contributed by atoms with van der Waals surface area (Å²) >= 11 is 0. The molecule has 2 amide bonds. The Bertz CT molecular complexity index is 998. The number of nitrogens with one attached hydrogen (secondary N) is 2. The predicted octanol–water partition coefficient (Wildman–Crippen LogP) is 3.00. The van der Waals surface area contributed by atoms with Crippen molar-refractivity contribution in [1.29, 1.82) is 0 Å². The summed E-state index contributed by atoms with van der Waals surface area (Å²) in [5.74, 6) is -3.08. The molecule has 3 aromatic rings. The average molecular weight is 358 g/mol. The van der Waals surface area contributed by atoms with Crippen LogP contribution in [0.3, 0.4) is 0 Å². The number of imidazole rings is 1. The second kappa shape index (κ2) is 6.91. The molecule has 0 unspecified atom stereocenters. The van der Waals surface area contributed by atoms with E-state index >= 15 is 0 Å². The number of hydrogen-bond acceptors (Lipinski definition) is 3. The standard InChI is InChI=1S/C18H16F2N4O2/c1-10(2)21-18(26)16-23-15(14-5-3-4-8-24(14)16)17(25)22-11-6-7-12(19)13(20)9-11/h3-10H,1-2H3,(H,21,26)(H,22,25). The zero-order valence-corrected chi connectivity index (χ0v) is 14.1. The summed E-state index contributed by atoms with van der Waals surface area (Å²) in [4.78, 5) is 29.0. The molecule has 26 heavy (non-hydrogen) atoms. The lowest BCUT2D eigenvalue weighted by atomic mass is 10.2. The van der Waals surface area contributed by atoms with Crippen LogP contribution in [0.1, 0.15) is 35.0 Å². The minimum atomic E-state index is -1.07. The quantitative estimate of drug-likeness (QED) is 0.753. The van der Waals surface area contributed by atoms with E-state index in [1.165, 1.54) is 10.5 Å². The summed E-state index contributed by atoms with van der Waals surface area (Å²) in [7, 11) is 0. The molecule has 0 aliphatic rings. The normalized spacial score (nSPS) is 11.0. The van der Waals surface area contributed by atoms with Crippen LogP contribution in [-0.2, 0) is 0 Å². The minimum Gasteiger partial charge on any atom is -0.347 e. The lowest BCUT2D eigenvalue weighted by Gasteiger charge is -2.06. The first kappa shape index (κ1) is 17.5. The Morgan fingerprint density at radius 3 is 2.54 bits per heavy atom. The van der Waals surface area contributed by atoms with Crippen LogP contribution in [-0.4, -0.2) is 27.2 Å². The average Bonchev–Trinajstić information content (AvgIpc) is 2.97. The monoisotopic (exact) mass is 358 g/mol. The second-order valence-electron chi connectivity index (χ2n) is 5.95. The van der Waals surface area contributed by atoms with E-state index in [-0.39, 0.29) is 23.2 Å². The molecule has 1 aromatic carbocycles. The lowest BCUT2D eigenvalue weighted by molar-refractivity contribution is 0.0932. The topological polar surface area (TPSA) is 75.5 Å². The zero-order chi connectivity index (χ0) is 18.8. The number of nitrogens with zero attached hydrogens (tertiary/aromatic N) is 2. The first-order valence-electron chi connectivity index (χ1n) is 7.91. The predicted molar refractivity (Wildman–Crippen MR) is 92.1 cm³/mol. The highest BCUT2D eigenvalue weighted by Crippen LogP contribution is 2.17. The molecule has 134 valence electrons. The van der Waals surface area contributed by atoms with E-state index in [0.29, 0.717) is 5.52 Å². The third kappa shape index (κ3) is 3.39. The first-order chi connectivity index (χ1) is 12.4. The summed E-state index contributed by atoms with van der Waals surface area (Å²) in [5, 5.41) is 5.18. The van der Waals surface area contributed by atoms with Crippen molar-refractivity contribution < 1.29 is 18.4 Å². The highest BCUT2D eigenvalue weighted by atomic mass is 19.2. The van der Waals surface area contributed by atoms with Gasteiger partial charge in [0.15, 0.2) is 17.3 Å². The van der Waals surface area contributed by atoms with Crippen LogP contribution >= 0.6 is 0 Å². The maximum Gasteiger partial charge on any atom is 0.287 e. The molecule has 6 nitrogen and oxygen atoms in total. The first-order valence-corrected chi connectivity index (χ1v) is 7.91. The largest absolute Gasteiger partial charge is 0.347 e. The molecule has 0 atom stereocenters. The fourth-order valence-corrected chi connectivity index (χ4v) is 2.46. The molecule has 0 saturated carbocycles. The van der Waals surface area contributed by atoms with Gasteiger partial charge in [0.1, 0.15) is 0 Å². The SMILES string of the molecule is CC(C)NC(=O)c1nc(C(=O)Nc2ccc(F)c(F)c2)c2ccccn12. The number of hydrogen-bond donors (Lipinski definition) is 2. The van der Waals surface area contributed by atoms with Crippen molar-refractivity contribution in [3.63, 3.8) is 0 Å². The summed E-state index contributed by atoms with van der Waals surface area (Å²) in [6, 6.07) is 7.97. The smallest absolute Gasteiger partial charge is 0.287 e. The molecule has 0 aliphatic heterocycles. The van der Waals surface area contributed by atoms with Crippen molar-refractivity contribution in [3.8, 4) is 0 Å². The van der Waals surface area contributed by atoms with Crippen molar-refractivity contribution in [3.05, 3.63) is 65.7 Å². The third-order valence-corrected chi connectivity index (χ3v) is 3.56. The summed E-state index contributed by atoms with van der Waals surface area (Å²) in [5.41, 5.74) is 0.505. The van der Waals surface area contributed by atoms with Gasteiger partial charge in [-0.25, -0.2) is 13.8 Å². The van der Waals surface area contributed by atoms with E-state index in [9.17, 15) is 18.4 Å². The van der Waals surface area contributed by atoms with Crippen molar-refractivity contribution in [2.75, 3.05) is 5.32 Å². The maximum absolute atomic E-state index is 13.3. The van der Waals surface area contributed by atoms with Crippen molar-refractivity contribution in [2.45, 2.75) is 19.9 Å². The number of benzene rings is 1. The van der Waals surface area contributed by atoms with Gasteiger partial charge >= 0.3 is 0 Å². The van der Waals surface area contributed by atoms with Gasteiger partial charge < -0.3 is 10.6 Å². The third-order valence-electron chi connectivity index (χ3n) is 3.56. The number of rotatable bonds is 4. The molecule has 8 heteroatoms. The summed E-state index contributed by atoms with van der Waals surface area (Å²) in [6.07, 6.45) is 1.62. The van der Waals surface area contributed by atoms with Crippen LogP contribution in [0.25, 0.3) is 5.52 Å². The Morgan fingerprint density at radius 1 is 1.08 bits per heavy atom. The number of carbonyl (C=O) groups excluding carboxylic acids is 2. The molecule has 0 bridgehead atoms. The number of halogens is 2. The number of amides is 2. The van der Waals surface area contributed by atoms with E-state index < -0.39 is 23.4 Å². The minimum absolute atomic E-state index is 0.00393. The molecule has 0 fully saturated rings. The number of aromatic nitrogens is 2. The Morgan fingerprint density at radius 2 is 1.85 bits per heavy atom. The van der Waals surface area contributed by atoms with Crippen LogP contribution in [0.4, 0.5) is 14.5 Å². The summed E-state index contributed by atoms with van der Waals surface area (Å²) in [6.45, 7) is 3.62. The van der Waals surface area contributed by atoms with E-state index in [1.54, 1.807) is 24.4 Å². The van der Waals surface area contributed by atoms with Crippen LogP contribution in [0.5, 0.6) is 0 Å². The fourth-order valence-electron chi connectivity index (χ4n) is 2.46. The van der Waals surface area contributed by atoms with Gasteiger partial charge in [0.05, 0.1) is 5.52 Å². The molecule has 0 radical (unpaired) electrons. The van der Waals surface area contributed by atoms with Gasteiger partial charge in [-0.3, -0.25) is 14.0 Å². The van der Waals surface area contributed by atoms with E-state index in [2.05, 4.69) is 15.6 Å².